The van der Waals surface area contributed by atoms with E-state index in [0.717, 1.165) is 26.2 Å². The van der Waals surface area contributed by atoms with Gasteiger partial charge >= 0.3 is 29.9 Å². The molecule has 7 atom stereocenters. The van der Waals surface area contributed by atoms with E-state index in [-0.39, 0.29) is 42.2 Å². The van der Waals surface area contributed by atoms with Gasteiger partial charge in [-0.3, -0.25) is 28.9 Å². The molecule has 3 heterocycles. The predicted molar refractivity (Wildman–Crippen MR) is 238 cm³/mol. The van der Waals surface area contributed by atoms with E-state index in [1.54, 1.807) is 67.3 Å². The van der Waals surface area contributed by atoms with Crippen molar-refractivity contribution in [3.63, 3.8) is 0 Å². The number of hydrogen-bond acceptors (Lipinski definition) is 14. The van der Waals surface area contributed by atoms with Gasteiger partial charge in [0.05, 0.1) is 51.6 Å². The van der Waals surface area contributed by atoms with Crippen molar-refractivity contribution in [3.8, 4) is 17.6 Å². The lowest BCUT2D eigenvalue weighted by atomic mass is 9.65. The number of benzene rings is 4. The summed E-state index contributed by atoms with van der Waals surface area (Å²) in [7, 11) is 3.40. The third kappa shape index (κ3) is 8.57. The molecule has 4 aromatic carbocycles. The number of morpholine rings is 1. The Bertz CT molecular complexity index is 2610. The van der Waals surface area contributed by atoms with E-state index in [1.807, 2.05) is 36.4 Å². The maximum absolute atomic E-state index is 16.2. The molecule has 7 rings (SSSR count). The average Bonchev–Trinajstić information content (AvgIpc) is 3.80. The van der Waals surface area contributed by atoms with Gasteiger partial charge in [0.25, 0.3) is 0 Å². The highest BCUT2D eigenvalue weighted by atomic mass is 16.6. The number of esters is 4. The zero-order valence-electron chi connectivity index (χ0n) is 37.4. The summed E-state index contributed by atoms with van der Waals surface area (Å²) in [6.07, 6.45) is -1.34. The Balaban J connectivity index is 1.55. The largest absolute Gasteiger partial charge is 0.491 e. The van der Waals surface area contributed by atoms with Gasteiger partial charge in [0.2, 0.25) is 11.8 Å². The van der Waals surface area contributed by atoms with Gasteiger partial charge in [0.15, 0.2) is 5.92 Å². The number of imide groups is 1. The third-order valence-corrected chi connectivity index (χ3v) is 12.4. The molecule has 7 unspecified atom stereocenters. The van der Waals surface area contributed by atoms with E-state index in [0.29, 0.717) is 16.7 Å². The molecule has 348 valence electrons. The molecular formula is C50H50N4O13. The maximum Gasteiger partial charge on any atom is 0.329 e. The van der Waals surface area contributed by atoms with Crippen LogP contribution in [-0.2, 0) is 53.1 Å². The summed E-state index contributed by atoms with van der Waals surface area (Å²) in [4.78, 5) is 101. The molecule has 67 heavy (non-hydrogen) atoms. The van der Waals surface area contributed by atoms with Crippen LogP contribution < -0.4 is 20.7 Å². The minimum Gasteiger partial charge on any atom is -0.491 e. The summed E-state index contributed by atoms with van der Waals surface area (Å²) in [6, 6.07) is 23.1. The topological polar surface area (TPSA) is 230 Å². The van der Waals surface area contributed by atoms with Crippen LogP contribution in [0.3, 0.4) is 0 Å². The van der Waals surface area contributed by atoms with Crippen LogP contribution >= 0.6 is 0 Å². The van der Waals surface area contributed by atoms with Crippen molar-refractivity contribution in [1.29, 1.82) is 0 Å². The van der Waals surface area contributed by atoms with Gasteiger partial charge in [0.1, 0.15) is 36.0 Å². The number of hydrogen-bond donors (Lipinski definition) is 3. The number of nitrogens with two attached hydrogens (primary N) is 1. The maximum atomic E-state index is 16.2. The third-order valence-electron chi connectivity index (χ3n) is 12.4. The molecule has 17 nitrogen and oxygen atoms in total. The molecule has 4 aromatic rings. The van der Waals surface area contributed by atoms with Crippen LogP contribution in [0, 0.1) is 29.6 Å². The zero-order valence-corrected chi connectivity index (χ0v) is 37.4. The molecule has 2 saturated heterocycles. The first kappa shape index (κ1) is 47.4. The molecule has 0 aromatic heterocycles. The Morgan fingerprint density at radius 2 is 1.43 bits per heavy atom. The van der Waals surface area contributed by atoms with Crippen molar-refractivity contribution in [3.05, 3.63) is 131 Å². The van der Waals surface area contributed by atoms with Gasteiger partial charge < -0.3 is 39.8 Å². The Morgan fingerprint density at radius 3 is 2.03 bits per heavy atom. The van der Waals surface area contributed by atoms with Crippen LogP contribution in [0.2, 0.25) is 0 Å². The van der Waals surface area contributed by atoms with E-state index < -0.39 is 95.2 Å². The zero-order chi connectivity index (χ0) is 48.2. The quantitative estimate of drug-likeness (QED) is 0.0750. The Morgan fingerprint density at radius 1 is 0.806 bits per heavy atom. The fraction of sp³-hybridized carbons (Fsp3) is 0.340. The number of carbonyl (C=O) groups is 7. The first-order valence-corrected chi connectivity index (χ1v) is 21.5. The minimum absolute atomic E-state index is 0.0181. The van der Waals surface area contributed by atoms with Crippen molar-refractivity contribution in [2.24, 2.45) is 23.5 Å². The highest BCUT2D eigenvalue weighted by Crippen LogP contribution is 2.66. The molecule has 3 aliphatic rings. The molecule has 0 bridgehead atoms. The molecule has 0 radical (unpaired) electrons. The fourth-order valence-electron chi connectivity index (χ4n) is 9.58. The molecule has 1 spiro atoms. The SMILES string of the molecule is COC(=O)C(CC#Cc1ccc2c(c1)C1(C(=O)N2C(=O)NC(C(=O)OC)C(C)C)C(C(N)=O)C2C(=O)OC(c3ccccc3)C(c3ccccc3)N2C1c1cccc(OCCO)c1)C(=O)OC. The molecule has 2 fully saturated rings. The van der Waals surface area contributed by atoms with Gasteiger partial charge in [-0.2, -0.15) is 0 Å². The second kappa shape index (κ2) is 19.9. The second-order valence-corrected chi connectivity index (χ2v) is 16.5. The number of nitrogens with one attached hydrogen (secondary N) is 1. The number of nitrogens with zero attached hydrogens (tertiary/aromatic N) is 2. The van der Waals surface area contributed by atoms with Crippen LogP contribution in [0.5, 0.6) is 5.75 Å². The molecule has 0 aliphatic carbocycles. The molecule has 0 saturated carbocycles. The number of ether oxygens (including phenoxy) is 5. The second-order valence-electron chi connectivity index (χ2n) is 16.5. The van der Waals surface area contributed by atoms with E-state index in [9.17, 15) is 33.9 Å². The van der Waals surface area contributed by atoms with Gasteiger partial charge in [0, 0.05) is 12.0 Å². The number of cyclic esters (lactones) is 1. The number of methoxy groups -OCH3 is 3. The summed E-state index contributed by atoms with van der Waals surface area (Å²) >= 11 is 0. The summed E-state index contributed by atoms with van der Waals surface area (Å²) < 4.78 is 26.9. The number of amides is 4. The first-order chi connectivity index (χ1) is 32.2. The smallest absolute Gasteiger partial charge is 0.329 e. The van der Waals surface area contributed by atoms with Crippen molar-refractivity contribution in [2.75, 3.05) is 39.4 Å². The monoisotopic (exact) mass is 914 g/mol. The first-order valence-electron chi connectivity index (χ1n) is 21.5. The van der Waals surface area contributed by atoms with Gasteiger partial charge in [-0.25, -0.2) is 14.5 Å². The molecule has 17 heteroatoms. The lowest BCUT2D eigenvalue weighted by molar-refractivity contribution is -0.178. The van der Waals surface area contributed by atoms with Gasteiger partial charge in [-0.15, -0.1) is 0 Å². The number of fused-ring (bicyclic) bond motifs is 3. The minimum atomic E-state index is -2.24. The van der Waals surface area contributed by atoms with Gasteiger partial charge in [-0.05, 0) is 58.5 Å². The lowest BCUT2D eigenvalue weighted by Crippen LogP contribution is -2.57. The summed E-state index contributed by atoms with van der Waals surface area (Å²) in [5.41, 5.74) is 6.10. The molecular weight excluding hydrogens is 865 g/mol. The highest BCUT2D eigenvalue weighted by molar-refractivity contribution is 6.25. The molecule has 4 N–H and O–H groups in total. The number of primary amides is 1. The summed E-state index contributed by atoms with van der Waals surface area (Å²) in [5, 5.41) is 12.4. The Hall–Kier alpha value is -7.55. The van der Waals surface area contributed by atoms with Crippen LogP contribution in [0.15, 0.2) is 103 Å². The van der Waals surface area contributed by atoms with Crippen molar-refractivity contribution in [1.82, 2.24) is 10.2 Å². The summed E-state index contributed by atoms with van der Waals surface area (Å²) in [5.74, 6) is -3.02. The number of carbonyl (C=O) groups excluding carboxylic acids is 7. The average molecular weight is 915 g/mol. The predicted octanol–water partition coefficient (Wildman–Crippen LogP) is 3.82. The molecule has 4 amide bonds. The lowest BCUT2D eigenvalue weighted by Gasteiger charge is -2.46. The van der Waals surface area contributed by atoms with Crippen LogP contribution in [-0.4, -0.2) is 98.4 Å². The number of rotatable bonds is 13. The molecule has 3 aliphatic heterocycles. The van der Waals surface area contributed by atoms with E-state index >= 15 is 4.79 Å². The standard InChI is InChI=1S/C50H50N4O13/c1-28(2)38(46(59)65-5)52-49(62)53-36-23-22-29(14-12-21-34(44(57)63-3)45(58)64-4)26-35(36)50(48(53)61)37(43(51)56)40-47(60)67-41(31-17-10-7-11-18-31)39(30-15-8-6-9-16-30)54(40)42(50)32-19-13-20-33(27-32)66-25-24-55/h6-11,13,15-20,22-23,26-28,34,37-42,55H,21,24-25H2,1-5H3,(H2,51,56)(H,52,62). The number of anilines is 1. The fourth-order valence-corrected chi connectivity index (χ4v) is 9.58. The Kier molecular flexibility index (Phi) is 14.1. The highest BCUT2D eigenvalue weighted by Gasteiger charge is 2.75. The Labute approximate surface area is 386 Å². The van der Waals surface area contributed by atoms with Crippen molar-refractivity contribution >= 4 is 47.4 Å². The van der Waals surface area contributed by atoms with E-state index in [1.165, 1.54) is 18.2 Å². The number of urea groups is 1. The van der Waals surface area contributed by atoms with Gasteiger partial charge in [-0.1, -0.05) is 98.5 Å². The summed E-state index contributed by atoms with van der Waals surface area (Å²) in [6.45, 7) is 2.94. The number of aliphatic hydroxyl groups excluding tert-OH is 1. The van der Waals surface area contributed by atoms with Crippen LogP contribution in [0.1, 0.15) is 66.3 Å². The van der Waals surface area contributed by atoms with Crippen LogP contribution in [0.25, 0.3) is 0 Å². The normalized spacial score (nSPS) is 22.2. The van der Waals surface area contributed by atoms with Crippen molar-refractivity contribution < 1.29 is 62.4 Å². The van der Waals surface area contributed by atoms with E-state index in [4.69, 9.17) is 29.4 Å². The number of aliphatic hydroxyl groups is 1. The van der Waals surface area contributed by atoms with Crippen molar-refractivity contribution in [2.45, 2.75) is 56.0 Å². The van der Waals surface area contributed by atoms with E-state index in [2.05, 4.69) is 17.2 Å². The van der Waals surface area contributed by atoms with Crippen LogP contribution in [0.4, 0.5) is 10.5 Å².